The molecule has 0 unspecified atom stereocenters. The van der Waals surface area contributed by atoms with Crippen LogP contribution in [0, 0.1) is 0 Å². The molecule has 0 bridgehead atoms. The van der Waals surface area contributed by atoms with Gasteiger partial charge in [-0.05, 0) is 25.0 Å². The maximum absolute atomic E-state index is 2.29. The largest absolute Gasteiger partial charge is 0.159 e. The van der Waals surface area contributed by atoms with Crippen LogP contribution in [-0.2, 0) is 0 Å². The molecule has 0 aromatic heterocycles. The van der Waals surface area contributed by atoms with Crippen molar-refractivity contribution in [3.8, 4) is 0 Å². The molecule has 0 heterocycles. The SMILES string of the molecule is CCCCCCCCCCCCSC1CCC1. The van der Waals surface area contributed by atoms with E-state index < -0.39 is 0 Å². The zero-order valence-corrected chi connectivity index (χ0v) is 12.7. The van der Waals surface area contributed by atoms with Crippen molar-refractivity contribution in [2.45, 2.75) is 95.6 Å². The van der Waals surface area contributed by atoms with Gasteiger partial charge in [0, 0.05) is 5.25 Å². The maximum atomic E-state index is 2.29. The number of unbranched alkanes of at least 4 members (excludes halogenated alkanes) is 9. The zero-order chi connectivity index (χ0) is 12.2. The zero-order valence-electron chi connectivity index (χ0n) is 11.9. The fourth-order valence-electron chi connectivity index (χ4n) is 2.38. The van der Waals surface area contributed by atoms with E-state index in [1.165, 1.54) is 89.2 Å². The first-order valence-electron chi connectivity index (χ1n) is 8.05. The third-order valence-corrected chi connectivity index (χ3v) is 5.37. The summed E-state index contributed by atoms with van der Waals surface area (Å²) >= 11 is 2.24. The van der Waals surface area contributed by atoms with Gasteiger partial charge >= 0.3 is 0 Å². The van der Waals surface area contributed by atoms with Crippen LogP contribution in [0.5, 0.6) is 0 Å². The Morgan fingerprint density at radius 2 is 1.29 bits per heavy atom. The van der Waals surface area contributed by atoms with E-state index in [9.17, 15) is 0 Å². The predicted molar refractivity (Wildman–Crippen MR) is 81.9 cm³/mol. The second-order valence-electron chi connectivity index (χ2n) is 5.61. The van der Waals surface area contributed by atoms with Gasteiger partial charge in [-0.1, -0.05) is 71.1 Å². The summed E-state index contributed by atoms with van der Waals surface area (Å²) in [5, 5.41) is 1.05. The topological polar surface area (TPSA) is 0 Å². The molecule has 1 rings (SSSR count). The number of hydrogen-bond donors (Lipinski definition) is 0. The first kappa shape index (κ1) is 15.4. The Bertz CT molecular complexity index is 152. The molecule has 102 valence electrons. The van der Waals surface area contributed by atoms with Gasteiger partial charge in [-0.15, -0.1) is 0 Å². The smallest absolute Gasteiger partial charge is 0.00470 e. The highest BCUT2D eigenvalue weighted by molar-refractivity contribution is 7.99. The molecule has 1 saturated carbocycles. The van der Waals surface area contributed by atoms with E-state index in [1.54, 1.807) is 0 Å². The predicted octanol–water partition coefficient (Wildman–Crippen LogP) is 6.19. The van der Waals surface area contributed by atoms with Crippen LogP contribution in [-0.4, -0.2) is 11.0 Å². The number of rotatable bonds is 12. The molecule has 1 aliphatic carbocycles. The minimum atomic E-state index is 1.05. The molecule has 0 saturated heterocycles. The summed E-state index contributed by atoms with van der Waals surface area (Å²) in [5.41, 5.74) is 0. The minimum absolute atomic E-state index is 1.05. The summed E-state index contributed by atoms with van der Waals surface area (Å²) in [4.78, 5) is 0. The van der Waals surface area contributed by atoms with Crippen LogP contribution in [0.25, 0.3) is 0 Å². The van der Waals surface area contributed by atoms with Gasteiger partial charge in [0.1, 0.15) is 0 Å². The molecule has 1 fully saturated rings. The van der Waals surface area contributed by atoms with Crippen LogP contribution in [0.2, 0.25) is 0 Å². The summed E-state index contributed by atoms with van der Waals surface area (Å²) < 4.78 is 0. The van der Waals surface area contributed by atoms with Gasteiger partial charge in [0.25, 0.3) is 0 Å². The molecule has 0 aromatic rings. The number of hydrogen-bond acceptors (Lipinski definition) is 1. The lowest BCUT2D eigenvalue weighted by molar-refractivity contribution is 0.521. The monoisotopic (exact) mass is 256 g/mol. The van der Waals surface area contributed by atoms with Crippen LogP contribution in [0.15, 0.2) is 0 Å². The Kier molecular flexibility index (Phi) is 10.4. The van der Waals surface area contributed by atoms with Gasteiger partial charge in [0.2, 0.25) is 0 Å². The van der Waals surface area contributed by atoms with Crippen molar-refractivity contribution in [2.24, 2.45) is 0 Å². The summed E-state index contributed by atoms with van der Waals surface area (Å²) in [5.74, 6) is 1.43. The summed E-state index contributed by atoms with van der Waals surface area (Å²) in [6.45, 7) is 2.29. The van der Waals surface area contributed by atoms with Gasteiger partial charge in [-0.3, -0.25) is 0 Å². The fourth-order valence-corrected chi connectivity index (χ4v) is 3.75. The van der Waals surface area contributed by atoms with Crippen molar-refractivity contribution in [3.05, 3.63) is 0 Å². The molecule has 17 heavy (non-hydrogen) atoms. The fraction of sp³-hybridized carbons (Fsp3) is 1.00. The second-order valence-corrected chi connectivity index (χ2v) is 7.01. The van der Waals surface area contributed by atoms with E-state index in [0.717, 1.165) is 5.25 Å². The third kappa shape index (κ3) is 8.99. The molecule has 0 aliphatic heterocycles. The Morgan fingerprint density at radius 3 is 1.76 bits per heavy atom. The Morgan fingerprint density at radius 1 is 0.765 bits per heavy atom. The first-order valence-corrected chi connectivity index (χ1v) is 9.10. The molecule has 0 amide bonds. The van der Waals surface area contributed by atoms with Gasteiger partial charge in [-0.25, -0.2) is 0 Å². The van der Waals surface area contributed by atoms with Crippen molar-refractivity contribution < 1.29 is 0 Å². The summed E-state index contributed by atoms with van der Waals surface area (Å²) in [6.07, 6.45) is 19.2. The molecule has 0 spiro atoms. The standard InChI is InChI=1S/C16H32S/c1-2-3-4-5-6-7-8-9-10-11-15-17-16-13-12-14-16/h16H,2-15H2,1H3. The quantitative estimate of drug-likeness (QED) is 0.375. The van der Waals surface area contributed by atoms with Gasteiger partial charge in [-0.2, -0.15) is 11.8 Å². The Labute approximate surface area is 113 Å². The molecule has 0 atom stereocenters. The molecule has 1 aliphatic rings. The molecular formula is C16H32S. The van der Waals surface area contributed by atoms with Crippen LogP contribution < -0.4 is 0 Å². The van der Waals surface area contributed by atoms with Crippen molar-refractivity contribution >= 4 is 11.8 Å². The highest BCUT2D eigenvalue weighted by atomic mass is 32.2. The number of thioether (sulfide) groups is 1. The van der Waals surface area contributed by atoms with Gasteiger partial charge in [0.15, 0.2) is 0 Å². The normalized spacial score (nSPS) is 16.1. The molecule has 1 heteroatoms. The van der Waals surface area contributed by atoms with Gasteiger partial charge in [0.05, 0.1) is 0 Å². The van der Waals surface area contributed by atoms with E-state index in [1.807, 2.05) is 0 Å². The van der Waals surface area contributed by atoms with E-state index >= 15 is 0 Å². The maximum Gasteiger partial charge on any atom is 0.00470 e. The molecule has 0 nitrogen and oxygen atoms in total. The molecule has 0 aromatic carbocycles. The van der Waals surface area contributed by atoms with Crippen LogP contribution in [0.4, 0.5) is 0 Å². The van der Waals surface area contributed by atoms with Crippen LogP contribution in [0.3, 0.4) is 0 Å². The van der Waals surface area contributed by atoms with Crippen molar-refractivity contribution in [1.29, 1.82) is 0 Å². The lowest BCUT2D eigenvalue weighted by atomic mass is 10.0. The summed E-state index contributed by atoms with van der Waals surface area (Å²) in [7, 11) is 0. The van der Waals surface area contributed by atoms with E-state index in [4.69, 9.17) is 0 Å². The Balaban J connectivity index is 1.64. The molecule has 0 N–H and O–H groups in total. The second kappa shape index (κ2) is 11.4. The minimum Gasteiger partial charge on any atom is -0.159 e. The van der Waals surface area contributed by atoms with E-state index in [0.29, 0.717) is 0 Å². The van der Waals surface area contributed by atoms with E-state index in [-0.39, 0.29) is 0 Å². The van der Waals surface area contributed by atoms with Crippen LogP contribution >= 0.6 is 11.8 Å². The molecular weight excluding hydrogens is 224 g/mol. The Hall–Kier alpha value is 0.350. The van der Waals surface area contributed by atoms with Crippen molar-refractivity contribution in [2.75, 3.05) is 5.75 Å². The highest BCUT2D eigenvalue weighted by Gasteiger charge is 2.16. The van der Waals surface area contributed by atoms with Crippen LogP contribution in [0.1, 0.15) is 90.4 Å². The third-order valence-electron chi connectivity index (χ3n) is 3.90. The van der Waals surface area contributed by atoms with Crippen molar-refractivity contribution in [1.82, 2.24) is 0 Å². The highest BCUT2D eigenvalue weighted by Crippen LogP contribution is 2.31. The first-order chi connectivity index (χ1) is 8.43. The summed E-state index contributed by atoms with van der Waals surface area (Å²) in [6, 6.07) is 0. The van der Waals surface area contributed by atoms with E-state index in [2.05, 4.69) is 18.7 Å². The average molecular weight is 256 g/mol. The van der Waals surface area contributed by atoms with Crippen molar-refractivity contribution in [3.63, 3.8) is 0 Å². The lowest BCUT2D eigenvalue weighted by Crippen LogP contribution is -2.13. The average Bonchev–Trinajstić information content (AvgIpc) is 2.28. The molecule has 0 radical (unpaired) electrons. The van der Waals surface area contributed by atoms with Gasteiger partial charge < -0.3 is 0 Å². The lowest BCUT2D eigenvalue weighted by Gasteiger charge is -2.24.